The summed E-state index contributed by atoms with van der Waals surface area (Å²) in [6, 6.07) is 4.58. The van der Waals surface area contributed by atoms with Crippen LogP contribution in [0, 0.1) is 0 Å². The molecule has 1 heterocycles. The molecule has 0 atom stereocenters. The normalized spacial score (nSPS) is 14.1. The predicted molar refractivity (Wildman–Crippen MR) is 48.0 cm³/mol. The van der Waals surface area contributed by atoms with Crippen molar-refractivity contribution in [1.82, 2.24) is 0 Å². The fourth-order valence-corrected chi connectivity index (χ4v) is 1.56. The van der Waals surface area contributed by atoms with Crippen LogP contribution >= 0.6 is 0 Å². The lowest BCUT2D eigenvalue weighted by atomic mass is 10.3. The van der Waals surface area contributed by atoms with Crippen LogP contribution < -0.4 is 13.7 Å². The number of hydrogen-bond acceptors (Lipinski definition) is 5. The molecule has 5 nitrogen and oxygen atoms in total. The third-order valence-corrected chi connectivity index (χ3v) is 2.09. The molecule has 0 saturated heterocycles. The summed E-state index contributed by atoms with van der Waals surface area (Å²) >= 11 is 0. The Hall–Kier alpha value is -1.43. The van der Waals surface area contributed by atoms with Gasteiger partial charge in [-0.15, -0.1) is 0 Å². The van der Waals surface area contributed by atoms with Crippen molar-refractivity contribution < 1.29 is 22.1 Å². The fraction of sp³-hybridized carbons (Fsp3) is 0.250. The van der Waals surface area contributed by atoms with E-state index >= 15 is 0 Å². The second kappa shape index (κ2) is 3.06. The van der Waals surface area contributed by atoms with Gasteiger partial charge >= 0.3 is 10.1 Å². The summed E-state index contributed by atoms with van der Waals surface area (Å²) in [6.07, 6.45) is 0.984. The molecule has 0 amide bonds. The van der Waals surface area contributed by atoms with Gasteiger partial charge in [0.15, 0.2) is 11.5 Å². The van der Waals surface area contributed by atoms with Gasteiger partial charge < -0.3 is 13.7 Å². The number of fused-ring (bicyclic) bond motifs is 1. The summed E-state index contributed by atoms with van der Waals surface area (Å²) in [5.41, 5.74) is 0. The van der Waals surface area contributed by atoms with Crippen molar-refractivity contribution in [2.75, 3.05) is 13.0 Å². The van der Waals surface area contributed by atoms with Crippen LogP contribution in [0.5, 0.6) is 17.2 Å². The van der Waals surface area contributed by atoms with Gasteiger partial charge in [0.05, 0.1) is 6.26 Å². The maximum atomic E-state index is 10.8. The Kier molecular flexibility index (Phi) is 1.99. The van der Waals surface area contributed by atoms with E-state index in [1.54, 1.807) is 6.07 Å². The Balaban J connectivity index is 2.29. The first-order chi connectivity index (χ1) is 6.54. The standard InChI is InChI=1S/C8H8O5S/c1-14(9,10)13-6-2-3-7-8(4-6)12-5-11-7/h2-4H,5H2,1H3. The quantitative estimate of drug-likeness (QED) is 0.683. The number of rotatable bonds is 2. The van der Waals surface area contributed by atoms with E-state index in [0.717, 1.165) is 6.26 Å². The first-order valence-corrected chi connectivity index (χ1v) is 5.65. The molecule has 1 aromatic carbocycles. The molecule has 0 aromatic heterocycles. The lowest BCUT2D eigenvalue weighted by molar-refractivity contribution is 0.174. The summed E-state index contributed by atoms with van der Waals surface area (Å²) < 4.78 is 36.4. The SMILES string of the molecule is CS(=O)(=O)Oc1ccc2c(c1)OCO2. The minimum Gasteiger partial charge on any atom is -0.454 e. The second-order valence-electron chi connectivity index (χ2n) is 2.80. The number of ether oxygens (including phenoxy) is 2. The molecule has 0 N–H and O–H groups in total. The molecule has 0 aliphatic carbocycles. The second-order valence-corrected chi connectivity index (χ2v) is 4.38. The van der Waals surface area contributed by atoms with Gasteiger partial charge in [-0.05, 0) is 12.1 Å². The highest BCUT2D eigenvalue weighted by atomic mass is 32.2. The van der Waals surface area contributed by atoms with Crippen LogP contribution in [0.15, 0.2) is 18.2 Å². The van der Waals surface area contributed by atoms with E-state index in [-0.39, 0.29) is 12.5 Å². The van der Waals surface area contributed by atoms with E-state index in [1.807, 2.05) is 0 Å². The molecule has 76 valence electrons. The molecule has 0 spiro atoms. The molecule has 0 radical (unpaired) electrons. The summed E-state index contributed by atoms with van der Waals surface area (Å²) in [7, 11) is -3.49. The maximum Gasteiger partial charge on any atom is 0.306 e. The highest BCUT2D eigenvalue weighted by molar-refractivity contribution is 7.86. The zero-order chi connectivity index (χ0) is 10.2. The third-order valence-electron chi connectivity index (χ3n) is 1.59. The highest BCUT2D eigenvalue weighted by Gasteiger charge is 2.15. The lowest BCUT2D eigenvalue weighted by Gasteiger charge is -2.02. The summed E-state index contributed by atoms with van der Waals surface area (Å²) in [6.45, 7) is 0.150. The van der Waals surface area contributed by atoms with Crippen molar-refractivity contribution in [3.8, 4) is 17.2 Å². The topological polar surface area (TPSA) is 61.8 Å². The third kappa shape index (κ3) is 1.90. The first-order valence-electron chi connectivity index (χ1n) is 3.84. The van der Waals surface area contributed by atoms with Crippen LogP contribution in [0.3, 0.4) is 0 Å². The van der Waals surface area contributed by atoms with E-state index in [9.17, 15) is 8.42 Å². The van der Waals surface area contributed by atoms with E-state index in [1.165, 1.54) is 12.1 Å². The zero-order valence-corrected chi connectivity index (χ0v) is 8.21. The fourth-order valence-electron chi connectivity index (χ4n) is 1.10. The van der Waals surface area contributed by atoms with Crippen LogP contribution in [0.4, 0.5) is 0 Å². The van der Waals surface area contributed by atoms with Crippen molar-refractivity contribution >= 4 is 10.1 Å². The van der Waals surface area contributed by atoms with Crippen molar-refractivity contribution in [3.63, 3.8) is 0 Å². The Bertz CT molecular complexity index is 451. The van der Waals surface area contributed by atoms with Crippen LogP contribution in [0.25, 0.3) is 0 Å². The maximum absolute atomic E-state index is 10.8. The van der Waals surface area contributed by atoms with Crippen molar-refractivity contribution in [2.24, 2.45) is 0 Å². The molecular formula is C8H8O5S. The average molecular weight is 216 g/mol. The van der Waals surface area contributed by atoms with Gasteiger partial charge in [-0.25, -0.2) is 0 Å². The zero-order valence-electron chi connectivity index (χ0n) is 7.39. The molecule has 0 unspecified atom stereocenters. The molecule has 0 bridgehead atoms. The lowest BCUT2D eigenvalue weighted by Crippen LogP contribution is -2.05. The largest absolute Gasteiger partial charge is 0.454 e. The Morgan fingerprint density at radius 3 is 2.71 bits per heavy atom. The molecule has 1 aliphatic heterocycles. The highest BCUT2D eigenvalue weighted by Crippen LogP contribution is 2.35. The summed E-state index contributed by atoms with van der Waals surface area (Å²) in [5, 5.41) is 0. The molecule has 14 heavy (non-hydrogen) atoms. The van der Waals surface area contributed by atoms with Crippen molar-refractivity contribution in [1.29, 1.82) is 0 Å². The van der Waals surface area contributed by atoms with Crippen LogP contribution in [-0.4, -0.2) is 21.5 Å². The molecule has 2 rings (SSSR count). The summed E-state index contributed by atoms with van der Waals surface area (Å²) in [4.78, 5) is 0. The Morgan fingerprint density at radius 2 is 2.00 bits per heavy atom. The van der Waals surface area contributed by atoms with Gasteiger partial charge in [0.2, 0.25) is 6.79 Å². The smallest absolute Gasteiger partial charge is 0.306 e. The van der Waals surface area contributed by atoms with E-state index in [0.29, 0.717) is 11.5 Å². The number of benzene rings is 1. The van der Waals surface area contributed by atoms with Gasteiger partial charge in [0.25, 0.3) is 0 Å². The Labute approximate surface area is 81.3 Å². The van der Waals surface area contributed by atoms with Gasteiger partial charge in [-0.3, -0.25) is 0 Å². The van der Waals surface area contributed by atoms with Crippen molar-refractivity contribution in [2.45, 2.75) is 0 Å². The first kappa shape index (κ1) is 9.14. The van der Waals surface area contributed by atoms with E-state index in [4.69, 9.17) is 9.47 Å². The van der Waals surface area contributed by atoms with E-state index < -0.39 is 10.1 Å². The monoisotopic (exact) mass is 216 g/mol. The predicted octanol–water partition coefficient (Wildman–Crippen LogP) is 0.754. The van der Waals surface area contributed by atoms with Crippen molar-refractivity contribution in [3.05, 3.63) is 18.2 Å². The van der Waals surface area contributed by atoms with E-state index in [2.05, 4.69) is 4.18 Å². The van der Waals surface area contributed by atoms with Crippen LogP contribution in [0.1, 0.15) is 0 Å². The van der Waals surface area contributed by atoms with Crippen LogP contribution in [-0.2, 0) is 10.1 Å². The Morgan fingerprint density at radius 1 is 1.29 bits per heavy atom. The van der Waals surface area contributed by atoms with Crippen LogP contribution in [0.2, 0.25) is 0 Å². The van der Waals surface area contributed by atoms with Gasteiger partial charge in [-0.1, -0.05) is 0 Å². The summed E-state index contributed by atoms with van der Waals surface area (Å²) in [5.74, 6) is 1.30. The van der Waals surface area contributed by atoms with Gasteiger partial charge in [0, 0.05) is 6.07 Å². The molecule has 1 aliphatic rings. The number of hydrogen-bond donors (Lipinski definition) is 0. The molecule has 0 saturated carbocycles. The minimum atomic E-state index is -3.49. The van der Waals surface area contributed by atoms with Gasteiger partial charge in [0.1, 0.15) is 5.75 Å². The molecule has 0 fully saturated rings. The molecule has 6 heteroatoms. The molecule has 1 aromatic rings. The van der Waals surface area contributed by atoms with Gasteiger partial charge in [-0.2, -0.15) is 8.42 Å². The molecular weight excluding hydrogens is 208 g/mol. The average Bonchev–Trinajstić information content (AvgIpc) is 2.47. The minimum absolute atomic E-state index is 0.150.